The van der Waals surface area contributed by atoms with E-state index in [0.29, 0.717) is 18.7 Å². The van der Waals surface area contributed by atoms with Gasteiger partial charge in [0.2, 0.25) is 0 Å². The molecule has 0 atom stereocenters. The lowest BCUT2D eigenvalue weighted by Gasteiger charge is -2.08. The van der Waals surface area contributed by atoms with Gasteiger partial charge in [0.05, 0.1) is 12.4 Å². The fraction of sp³-hybridized carbons (Fsp3) is 0.500. The Hall–Kier alpha value is -1.14. The molecule has 1 aromatic rings. The van der Waals surface area contributed by atoms with Crippen molar-refractivity contribution in [2.75, 3.05) is 25.7 Å². The van der Waals surface area contributed by atoms with E-state index in [2.05, 4.69) is 5.32 Å². The number of hydrogen-bond acceptors (Lipinski definition) is 4. The highest BCUT2D eigenvalue weighted by Crippen LogP contribution is 2.16. The van der Waals surface area contributed by atoms with Gasteiger partial charge in [0.25, 0.3) is 0 Å². The van der Waals surface area contributed by atoms with E-state index in [1.807, 2.05) is 0 Å². The van der Waals surface area contributed by atoms with Crippen LogP contribution in [0.1, 0.15) is 12.0 Å². The molecule has 0 aliphatic rings. The second kappa shape index (κ2) is 6.70. The molecular weight excluding hydrogens is 257 g/mol. The largest absolute Gasteiger partial charge is 0.493 e. The van der Waals surface area contributed by atoms with Crippen molar-refractivity contribution in [1.29, 1.82) is 0 Å². The van der Waals surface area contributed by atoms with E-state index in [9.17, 15) is 12.8 Å². The summed E-state index contributed by atoms with van der Waals surface area (Å²) in [7, 11) is -1.19. The van der Waals surface area contributed by atoms with Crippen molar-refractivity contribution in [1.82, 2.24) is 5.32 Å². The van der Waals surface area contributed by atoms with Crippen LogP contribution < -0.4 is 10.1 Å². The van der Waals surface area contributed by atoms with Gasteiger partial charge in [0, 0.05) is 18.9 Å². The Kier molecular flexibility index (Phi) is 5.55. The number of rotatable bonds is 7. The topological polar surface area (TPSA) is 55.4 Å². The maximum Gasteiger partial charge on any atom is 0.147 e. The molecule has 0 unspecified atom stereocenters. The summed E-state index contributed by atoms with van der Waals surface area (Å²) in [4.78, 5) is 0. The molecule has 0 radical (unpaired) electrons. The first kappa shape index (κ1) is 14.9. The molecule has 0 aliphatic heterocycles. The minimum absolute atomic E-state index is 0.0751. The molecule has 0 amide bonds. The van der Waals surface area contributed by atoms with Crippen molar-refractivity contribution in [2.24, 2.45) is 0 Å². The first-order valence-electron chi connectivity index (χ1n) is 5.65. The fourth-order valence-electron chi connectivity index (χ4n) is 1.52. The van der Waals surface area contributed by atoms with E-state index in [1.165, 1.54) is 18.4 Å². The molecule has 102 valence electrons. The normalized spacial score (nSPS) is 11.5. The summed E-state index contributed by atoms with van der Waals surface area (Å²) in [6.07, 6.45) is 1.58. The van der Waals surface area contributed by atoms with E-state index in [0.717, 1.165) is 5.56 Å². The average Bonchev–Trinajstić information content (AvgIpc) is 2.23. The van der Waals surface area contributed by atoms with Crippen LogP contribution in [-0.2, 0) is 16.4 Å². The van der Waals surface area contributed by atoms with Crippen LogP contribution in [-0.4, -0.2) is 34.1 Å². The number of hydrogen-bond donors (Lipinski definition) is 1. The van der Waals surface area contributed by atoms with Crippen LogP contribution in [0.2, 0.25) is 0 Å². The van der Waals surface area contributed by atoms with Crippen molar-refractivity contribution < 1.29 is 17.5 Å². The summed E-state index contributed by atoms with van der Waals surface area (Å²) < 4.78 is 40.4. The summed E-state index contributed by atoms with van der Waals surface area (Å²) in [5.41, 5.74) is 0.788. The van der Waals surface area contributed by atoms with Crippen molar-refractivity contribution in [3.8, 4) is 5.75 Å². The molecule has 0 spiro atoms. The summed E-state index contributed by atoms with van der Waals surface area (Å²) in [5, 5.41) is 2.92. The first-order chi connectivity index (χ1) is 8.40. The summed E-state index contributed by atoms with van der Waals surface area (Å²) in [6.45, 7) is 0.812. The number of halogens is 1. The number of benzene rings is 1. The Morgan fingerprint density at radius 2 is 2.06 bits per heavy atom. The third-order valence-corrected chi connectivity index (χ3v) is 3.27. The summed E-state index contributed by atoms with van der Waals surface area (Å²) in [5.74, 6) is 0.140. The van der Waals surface area contributed by atoms with Crippen molar-refractivity contribution >= 4 is 9.84 Å². The second-order valence-electron chi connectivity index (χ2n) is 4.16. The van der Waals surface area contributed by atoms with Crippen LogP contribution >= 0.6 is 0 Å². The van der Waals surface area contributed by atoms with Crippen LogP contribution in [0.15, 0.2) is 18.2 Å². The Labute approximate surface area is 107 Å². The predicted octanol–water partition coefficient (Wildman–Crippen LogP) is 1.36. The molecule has 0 saturated carbocycles. The average molecular weight is 275 g/mol. The van der Waals surface area contributed by atoms with Crippen LogP contribution in [0.4, 0.5) is 4.39 Å². The van der Waals surface area contributed by atoms with Crippen molar-refractivity contribution in [2.45, 2.75) is 13.0 Å². The third-order valence-electron chi connectivity index (χ3n) is 2.24. The van der Waals surface area contributed by atoms with E-state index >= 15 is 0 Å². The Morgan fingerprint density at radius 3 is 2.67 bits per heavy atom. The van der Waals surface area contributed by atoms with Gasteiger partial charge in [-0.05, 0) is 31.2 Å². The summed E-state index contributed by atoms with van der Waals surface area (Å²) >= 11 is 0. The maximum absolute atomic E-state index is 13.2. The van der Waals surface area contributed by atoms with Crippen LogP contribution in [0.25, 0.3) is 0 Å². The van der Waals surface area contributed by atoms with Crippen LogP contribution in [0.3, 0.4) is 0 Å². The van der Waals surface area contributed by atoms with Gasteiger partial charge in [0.1, 0.15) is 21.4 Å². The van der Waals surface area contributed by atoms with Gasteiger partial charge in [-0.3, -0.25) is 0 Å². The highest BCUT2D eigenvalue weighted by molar-refractivity contribution is 7.90. The van der Waals surface area contributed by atoms with Gasteiger partial charge in [-0.15, -0.1) is 0 Å². The second-order valence-corrected chi connectivity index (χ2v) is 6.42. The quantitative estimate of drug-likeness (QED) is 0.763. The molecule has 0 heterocycles. The van der Waals surface area contributed by atoms with Crippen LogP contribution in [0.5, 0.6) is 5.75 Å². The number of sulfone groups is 1. The highest BCUT2D eigenvalue weighted by atomic mass is 32.2. The minimum atomic E-state index is -2.97. The molecule has 6 heteroatoms. The predicted molar refractivity (Wildman–Crippen MR) is 69.0 cm³/mol. The molecule has 0 aromatic heterocycles. The zero-order chi connectivity index (χ0) is 13.6. The smallest absolute Gasteiger partial charge is 0.147 e. The first-order valence-corrected chi connectivity index (χ1v) is 7.71. The van der Waals surface area contributed by atoms with Crippen LogP contribution in [0, 0.1) is 5.82 Å². The lowest BCUT2D eigenvalue weighted by molar-refractivity contribution is 0.315. The number of nitrogens with one attached hydrogen (secondary N) is 1. The molecule has 18 heavy (non-hydrogen) atoms. The molecule has 0 fully saturated rings. The van der Waals surface area contributed by atoms with Gasteiger partial charge in [-0.25, -0.2) is 12.8 Å². The van der Waals surface area contributed by atoms with Gasteiger partial charge < -0.3 is 10.1 Å². The number of ether oxygens (including phenoxy) is 1. The lowest BCUT2D eigenvalue weighted by Crippen LogP contribution is -2.09. The standard InChI is InChI=1S/C12H18FNO3S/c1-14-9-10-6-11(13)8-12(7-10)17-4-3-5-18(2,15)16/h6-8,14H,3-5,9H2,1-2H3. The molecule has 4 nitrogen and oxygen atoms in total. The monoisotopic (exact) mass is 275 g/mol. The van der Waals surface area contributed by atoms with Crippen molar-refractivity contribution in [3.63, 3.8) is 0 Å². The molecule has 1 rings (SSSR count). The fourth-order valence-corrected chi connectivity index (χ4v) is 2.16. The van der Waals surface area contributed by atoms with Gasteiger partial charge >= 0.3 is 0 Å². The van der Waals surface area contributed by atoms with E-state index in [4.69, 9.17) is 4.74 Å². The Balaban J connectivity index is 2.51. The van der Waals surface area contributed by atoms with Gasteiger partial charge in [0.15, 0.2) is 0 Å². The minimum Gasteiger partial charge on any atom is -0.493 e. The van der Waals surface area contributed by atoms with E-state index in [-0.39, 0.29) is 18.2 Å². The summed E-state index contributed by atoms with van der Waals surface area (Å²) in [6, 6.07) is 4.46. The highest BCUT2D eigenvalue weighted by Gasteiger charge is 2.04. The molecule has 0 aliphatic carbocycles. The van der Waals surface area contributed by atoms with Crippen molar-refractivity contribution in [3.05, 3.63) is 29.6 Å². The zero-order valence-corrected chi connectivity index (χ0v) is 11.4. The van der Waals surface area contributed by atoms with E-state index in [1.54, 1.807) is 13.1 Å². The van der Waals surface area contributed by atoms with Gasteiger partial charge in [-0.1, -0.05) is 0 Å². The zero-order valence-electron chi connectivity index (χ0n) is 10.6. The van der Waals surface area contributed by atoms with E-state index < -0.39 is 9.84 Å². The maximum atomic E-state index is 13.2. The van der Waals surface area contributed by atoms with Gasteiger partial charge in [-0.2, -0.15) is 0 Å². The molecule has 0 saturated heterocycles. The molecular formula is C12H18FNO3S. The lowest BCUT2D eigenvalue weighted by atomic mass is 10.2. The Bertz CT molecular complexity index is 488. The molecule has 0 bridgehead atoms. The SMILES string of the molecule is CNCc1cc(F)cc(OCCCS(C)(=O)=O)c1. The molecule has 1 N–H and O–H groups in total. The third kappa shape index (κ3) is 5.97. The molecule has 1 aromatic carbocycles. The Morgan fingerprint density at radius 1 is 1.33 bits per heavy atom.